The van der Waals surface area contributed by atoms with Crippen LogP contribution in [-0.2, 0) is 19.1 Å². The van der Waals surface area contributed by atoms with Crippen molar-refractivity contribution in [2.24, 2.45) is 0 Å². The number of nitrogens with one attached hydrogen (secondary N) is 2. The molecule has 1 unspecified atom stereocenters. The molecule has 2 amide bonds. The number of carbonyl (C=O) groups excluding carboxylic acids is 2. The fourth-order valence-electron chi connectivity index (χ4n) is 1.98. The maximum Gasteiger partial charge on any atom is 0.329 e. The van der Waals surface area contributed by atoms with Gasteiger partial charge in [-0.15, -0.1) is 0 Å². The number of aryl methyl sites for hydroxylation is 1. The molecule has 7 heteroatoms. The van der Waals surface area contributed by atoms with Gasteiger partial charge >= 0.3 is 5.97 Å². The first-order valence-electron chi connectivity index (χ1n) is 7.28. The van der Waals surface area contributed by atoms with Gasteiger partial charge in [-0.2, -0.15) is 0 Å². The third-order valence-electron chi connectivity index (χ3n) is 3.04. The van der Waals surface area contributed by atoms with E-state index in [0.717, 1.165) is 11.1 Å². The predicted octanol–water partition coefficient (Wildman–Crippen LogP) is 0.780. The zero-order valence-electron chi connectivity index (χ0n) is 13.3. The van der Waals surface area contributed by atoms with Crippen molar-refractivity contribution >= 4 is 17.8 Å². The van der Waals surface area contributed by atoms with Crippen molar-refractivity contribution < 1.29 is 24.2 Å². The van der Waals surface area contributed by atoms with E-state index in [9.17, 15) is 14.4 Å². The predicted molar refractivity (Wildman–Crippen MR) is 83.8 cm³/mol. The van der Waals surface area contributed by atoms with Crippen LogP contribution < -0.4 is 10.6 Å². The molecule has 1 aromatic rings. The van der Waals surface area contributed by atoms with E-state index in [4.69, 9.17) is 9.84 Å². The zero-order valence-corrected chi connectivity index (χ0v) is 13.3. The highest BCUT2D eigenvalue weighted by molar-refractivity contribution is 5.79. The number of benzene rings is 1. The number of carbonyl (C=O) groups is 3. The van der Waals surface area contributed by atoms with Crippen LogP contribution in [0.2, 0.25) is 0 Å². The number of rotatable bonds is 9. The second-order valence-corrected chi connectivity index (χ2v) is 5.16. The van der Waals surface area contributed by atoms with Crippen LogP contribution in [0.4, 0.5) is 0 Å². The number of hydrogen-bond donors (Lipinski definition) is 3. The zero-order chi connectivity index (χ0) is 17.2. The number of hydrogen-bond acceptors (Lipinski definition) is 4. The molecule has 0 aromatic heterocycles. The number of carboxylic acids is 1. The summed E-state index contributed by atoms with van der Waals surface area (Å²) in [4.78, 5) is 33.5. The topological polar surface area (TPSA) is 105 Å². The Morgan fingerprint density at radius 3 is 2.43 bits per heavy atom. The molecular weight excluding hydrogens is 300 g/mol. The van der Waals surface area contributed by atoms with Crippen LogP contribution in [-0.4, -0.2) is 42.6 Å². The molecule has 0 aliphatic carbocycles. The molecule has 0 aliphatic heterocycles. The van der Waals surface area contributed by atoms with E-state index in [0.29, 0.717) is 0 Å². The molecule has 23 heavy (non-hydrogen) atoms. The normalized spacial score (nSPS) is 11.6. The van der Waals surface area contributed by atoms with Gasteiger partial charge in [-0.1, -0.05) is 29.8 Å². The van der Waals surface area contributed by atoms with Crippen LogP contribution >= 0.6 is 0 Å². The molecule has 1 atom stereocenters. The van der Waals surface area contributed by atoms with Gasteiger partial charge in [0.15, 0.2) is 0 Å². The van der Waals surface area contributed by atoms with Crippen molar-refractivity contribution in [1.82, 2.24) is 10.6 Å². The summed E-state index contributed by atoms with van der Waals surface area (Å²) in [5.74, 6) is -1.52. The lowest BCUT2D eigenvalue weighted by Gasteiger charge is -2.18. The van der Waals surface area contributed by atoms with Crippen molar-refractivity contribution in [2.75, 3.05) is 19.8 Å². The van der Waals surface area contributed by atoms with Gasteiger partial charge in [0.1, 0.15) is 6.61 Å². The first-order valence-corrected chi connectivity index (χ1v) is 7.28. The van der Waals surface area contributed by atoms with E-state index < -0.39 is 18.6 Å². The van der Waals surface area contributed by atoms with Gasteiger partial charge in [-0.25, -0.2) is 4.79 Å². The second kappa shape index (κ2) is 9.58. The standard InChI is InChI=1S/C16H22N2O5/c1-11-3-5-13(6-4-11)14(18-12(2)19)9-15(20)17-7-8-23-10-16(21)22/h3-6,14H,7-10H2,1-2H3,(H,17,20)(H,18,19)(H,21,22). The molecule has 0 aliphatic rings. The third kappa shape index (κ3) is 7.96. The summed E-state index contributed by atoms with van der Waals surface area (Å²) in [7, 11) is 0. The van der Waals surface area contributed by atoms with Crippen LogP contribution in [0.15, 0.2) is 24.3 Å². The van der Waals surface area contributed by atoms with Crippen LogP contribution in [0.5, 0.6) is 0 Å². The molecule has 0 saturated heterocycles. The maximum atomic E-state index is 11.9. The summed E-state index contributed by atoms with van der Waals surface area (Å²) in [6.07, 6.45) is 0.0988. The maximum absolute atomic E-state index is 11.9. The monoisotopic (exact) mass is 322 g/mol. The Morgan fingerprint density at radius 1 is 1.22 bits per heavy atom. The number of ether oxygens (including phenoxy) is 1. The molecule has 0 fully saturated rings. The minimum atomic E-state index is -1.05. The van der Waals surface area contributed by atoms with Gasteiger partial charge in [-0.3, -0.25) is 9.59 Å². The van der Waals surface area contributed by atoms with Crippen molar-refractivity contribution in [3.05, 3.63) is 35.4 Å². The first-order chi connectivity index (χ1) is 10.9. The molecule has 0 spiro atoms. The lowest BCUT2D eigenvalue weighted by atomic mass is 10.0. The van der Waals surface area contributed by atoms with E-state index in [-0.39, 0.29) is 31.4 Å². The molecule has 1 aromatic carbocycles. The fraction of sp³-hybridized carbons (Fsp3) is 0.438. The molecule has 0 bridgehead atoms. The molecule has 1 rings (SSSR count). The Kier molecular flexibility index (Phi) is 7.76. The van der Waals surface area contributed by atoms with Crippen LogP contribution in [0, 0.1) is 6.92 Å². The SMILES string of the molecule is CC(=O)NC(CC(=O)NCCOCC(=O)O)c1ccc(C)cc1. The van der Waals surface area contributed by atoms with E-state index in [2.05, 4.69) is 10.6 Å². The minimum Gasteiger partial charge on any atom is -0.480 e. The quantitative estimate of drug-likeness (QED) is 0.583. The van der Waals surface area contributed by atoms with Gasteiger partial charge in [0.2, 0.25) is 11.8 Å². The summed E-state index contributed by atoms with van der Waals surface area (Å²) in [6, 6.07) is 7.18. The third-order valence-corrected chi connectivity index (χ3v) is 3.04. The van der Waals surface area contributed by atoms with Crippen LogP contribution in [0.1, 0.15) is 30.5 Å². The van der Waals surface area contributed by atoms with Gasteiger partial charge in [-0.05, 0) is 12.5 Å². The minimum absolute atomic E-state index is 0.0988. The molecule has 126 valence electrons. The average Bonchev–Trinajstić information content (AvgIpc) is 2.46. The fourth-order valence-corrected chi connectivity index (χ4v) is 1.98. The molecule has 0 radical (unpaired) electrons. The Hall–Kier alpha value is -2.41. The summed E-state index contributed by atoms with van der Waals surface area (Å²) < 4.78 is 4.83. The summed E-state index contributed by atoms with van der Waals surface area (Å²) >= 11 is 0. The summed E-state index contributed by atoms with van der Waals surface area (Å²) in [5, 5.41) is 13.8. The second-order valence-electron chi connectivity index (χ2n) is 5.16. The highest BCUT2D eigenvalue weighted by Crippen LogP contribution is 2.17. The van der Waals surface area contributed by atoms with Crippen molar-refractivity contribution in [3.63, 3.8) is 0 Å². The van der Waals surface area contributed by atoms with Gasteiger partial charge in [0, 0.05) is 13.5 Å². The van der Waals surface area contributed by atoms with Crippen molar-refractivity contribution in [2.45, 2.75) is 26.3 Å². The van der Waals surface area contributed by atoms with Crippen molar-refractivity contribution in [3.8, 4) is 0 Å². The summed E-state index contributed by atoms with van der Waals surface area (Å²) in [6.45, 7) is 3.30. The average molecular weight is 322 g/mol. The van der Waals surface area contributed by atoms with Gasteiger partial charge in [0.05, 0.1) is 19.1 Å². The van der Waals surface area contributed by atoms with Gasteiger partial charge < -0.3 is 20.5 Å². The Morgan fingerprint density at radius 2 is 1.87 bits per heavy atom. The Labute approximate surface area is 135 Å². The Bertz CT molecular complexity index is 542. The van der Waals surface area contributed by atoms with E-state index in [1.807, 2.05) is 31.2 Å². The molecular formula is C16H22N2O5. The smallest absolute Gasteiger partial charge is 0.329 e. The first kappa shape index (κ1) is 18.6. The lowest BCUT2D eigenvalue weighted by molar-refractivity contribution is -0.142. The molecule has 0 saturated carbocycles. The van der Waals surface area contributed by atoms with E-state index in [1.54, 1.807) is 0 Å². The van der Waals surface area contributed by atoms with Crippen molar-refractivity contribution in [1.29, 1.82) is 0 Å². The lowest BCUT2D eigenvalue weighted by Crippen LogP contribution is -2.34. The number of amides is 2. The van der Waals surface area contributed by atoms with E-state index >= 15 is 0 Å². The highest BCUT2D eigenvalue weighted by Gasteiger charge is 2.16. The molecule has 7 nitrogen and oxygen atoms in total. The van der Waals surface area contributed by atoms with E-state index in [1.165, 1.54) is 6.92 Å². The van der Waals surface area contributed by atoms with Crippen LogP contribution in [0.3, 0.4) is 0 Å². The Balaban J connectivity index is 2.49. The number of carboxylic acid groups (broad SMARTS) is 1. The van der Waals surface area contributed by atoms with Crippen LogP contribution in [0.25, 0.3) is 0 Å². The van der Waals surface area contributed by atoms with Gasteiger partial charge in [0.25, 0.3) is 0 Å². The summed E-state index contributed by atoms with van der Waals surface area (Å²) in [5.41, 5.74) is 1.94. The largest absolute Gasteiger partial charge is 0.480 e. The number of aliphatic carboxylic acids is 1. The molecule has 3 N–H and O–H groups in total. The molecule has 0 heterocycles. The highest BCUT2D eigenvalue weighted by atomic mass is 16.5.